The summed E-state index contributed by atoms with van der Waals surface area (Å²) in [5.41, 5.74) is 1.84. The van der Waals surface area contributed by atoms with Crippen LogP contribution in [-0.4, -0.2) is 56.3 Å². The van der Waals surface area contributed by atoms with Gasteiger partial charge in [0.25, 0.3) is 0 Å². The van der Waals surface area contributed by atoms with Crippen LogP contribution in [-0.2, 0) is 30.4 Å². The highest BCUT2D eigenvalue weighted by molar-refractivity contribution is 6.05. The predicted molar refractivity (Wildman–Crippen MR) is 127 cm³/mol. The van der Waals surface area contributed by atoms with Crippen molar-refractivity contribution in [2.75, 3.05) is 33.9 Å². The van der Waals surface area contributed by atoms with E-state index >= 15 is 0 Å². The Labute approximate surface area is 193 Å². The molecule has 32 heavy (non-hydrogen) atoms. The fourth-order valence-corrected chi connectivity index (χ4v) is 3.33. The summed E-state index contributed by atoms with van der Waals surface area (Å²) in [6.07, 6.45) is 6.06. The van der Waals surface area contributed by atoms with E-state index in [9.17, 15) is 9.59 Å². The van der Waals surface area contributed by atoms with E-state index in [0.29, 0.717) is 13.2 Å². The number of ether oxygens (including phenoxy) is 3. The normalized spacial score (nSPS) is 12.7. The number of allylic oxidation sites excluding steroid dienone is 2. The predicted octanol–water partition coefficient (Wildman–Crippen LogP) is 4.69. The molecule has 6 nitrogen and oxygen atoms in total. The van der Waals surface area contributed by atoms with Crippen LogP contribution in [0, 0.1) is 0 Å². The van der Waals surface area contributed by atoms with Crippen molar-refractivity contribution in [2.24, 2.45) is 0 Å². The van der Waals surface area contributed by atoms with Crippen molar-refractivity contribution in [3.63, 3.8) is 0 Å². The molecule has 6 heteroatoms. The Morgan fingerprint density at radius 1 is 0.938 bits per heavy atom. The van der Waals surface area contributed by atoms with Gasteiger partial charge in [-0.25, -0.2) is 9.59 Å². The summed E-state index contributed by atoms with van der Waals surface area (Å²) in [5, 5.41) is 0. The Balaban J connectivity index is 2.69. The molecule has 1 aromatic carbocycles. The standard InChI is InChI=1S/C26H39NO5/c1-7-31-24(28)26(27(5)6,25(29)32-8-2)19-22(4)14-12-13-21(3)17-18-30-20-23-15-10-9-11-16-23/h9-11,14-17H,7-8,12-13,18-20H2,1-6H3/b21-17+,22-14+. The number of carbonyl (C=O) groups is 2. The third kappa shape index (κ3) is 8.60. The van der Waals surface area contributed by atoms with Crippen molar-refractivity contribution < 1.29 is 23.8 Å². The van der Waals surface area contributed by atoms with Crippen molar-refractivity contribution >= 4 is 11.9 Å². The summed E-state index contributed by atoms with van der Waals surface area (Å²) in [6, 6.07) is 10.1. The quantitative estimate of drug-likeness (QED) is 0.179. The highest BCUT2D eigenvalue weighted by Crippen LogP contribution is 2.27. The molecule has 0 aliphatic heterocycles. The van der Waals surface area contributed by atoms with Crippen LogP contribution in [0.1, 0.15) is 52.5 Å². The van der Waals surface area contributed by atoms with E-state index in [-0.39, 0.29) is 19.6 Å². The first-order chi connectivity index (χ1) is 15.3. The van der Waals surface area contributed by atoms with E-state index in [1.165, 1.54) is 5.57 Å². The molecule has 0 aliphatic rings. The highest BCUT2D eigenvalue weighted by Gasteiger charge is 2.51. The number of rotatable bonds is 14. The lowest BCUT2D eigenvalue weighted by atomic mass is 9.89. The molecule has 0 unspecified atom stereocenters. The number of esters is 2. The van der Waals surface area contributed by atoms with Gasteiger partial charge in [-0.05, 0) is 60.2 Å². The first-order valence-electron chi connectivity index (χ1n) is 11.2. The van der Waals surface area contributed by atoms with Gasteiger partial charge in [0.2, 0.25) is 5.54 Å². The van der Waals surface area contributed by atoms with Gasteiger partial charge in [-0.3, -0.25) is 4.90 Å². The average molecular weight is 446 g/mol. The van der Waals surface area contributed by atoms with Crippen LogP contribution in [0.5, 0.6) is 0 Å². The molecule has 1 aromatic rings. The van der Waals surface area contributed by atoms with Crippen molar-refractivity contribution in [3.8, 4) is 0 Å². The van der Waals surface area contributed by atoms with Crippen molar-refractivity contribution in [1.82, 2.24) is 4.90 Å². The fourth-order valence-electron chi connectivity index (χ4n) is 3.33. The van der Waals surface area contributed by atoms with Gasteiger partial charge < -0.3 is 14.2 Å². The Bertz CT molecular complexity index is 750. The highest BCUT2D eigenvalue weighted by atomic mass is 16.6. The van der Waals surface area contributed by atoms with Gasteiger partial charge >= 0.3 is 11.9 Å². The number of likely N-dealkylation sites (N-methyl/N-ethyl adjacent to an activating group) is 1. The molecule has 0 saturated heterocycles. The van der Waals surface area contributed by atoms with Crippen LogP contribution >= 0.6 is 0 Å². The third-order valence-electron chi connectivity index (χ3n) is 5.22. The molecule has 0 atom stereocenters. The molecular formula is C26H39NO5. The molecule has 1 rings (SSSR count). The molecule has 0 aliphatic carbocycles. The smallest absolute Gasteiger partial charge is 0.338 e. The average Bonchev–Trinajstić information content (AvgIpc) is 2.75. The second-order valence-corrected chi connectivity index (χ2v) is 8.01. The molecule has 0 radical (unpaired) electrons. The van der Waals surface area contributed by atoms with E-state index in [2.05, 4.69) is 19.1 Å². The lowest BCUT2D eigenvalue weighted by Crippen LogP contribution is -2.59. The second-order valence-electron chi connectivity index (χ2n) is 8.01. The minimum Gasteiger partial charge on any atom is -0.464 e. The largest absolute Gasteiger partial charge is 0.464 e. The zero-order valence-electron chi connectivity index (χ0n) is 20.5. The first-order valence-corrected chi connectivity index (χ1v) is 11.2. The molecule has 0 heterocycles. The SMILES string of the molecule is CCOC(=O)C(C/C(C)=C/CC/C(C)=C/COCc1ccccc1)(C(=O)OCC)N(C)C. The molecule has 0 bridgehead atoms. The summed E-state index contributed by atoms with van der Waals surface area (Å²) in [5.74, 6) is -1.16. The molecule has 0 spiro atoms. The van der Waals surface area contributed by atoms with E-state index < -0.39 is 17.5 Å². The molecule has 0 N–H and O–H groups in total. The van der Waals surface area contributed by atoms with Gasteiger partial charge in [0.15, 0.2) is 0 Å². The maximum Gasteiger partial charge on any atom is 0.338 e. The Morgan fingerprint density at radius 3 is 2.06 bits per heavy atom. The van der Waals surface area contributed by atoms with E-state index in [1.807, 2.05) is 37.3 Å². The monoisotopic (exact) mass is 445 g/mol. The molecule has 0 saturated carbocycles. The molecule has 0 aromatic heterocycles. The van der Waals surface area contributed by atoms with Crippen LogP contribution in [0.3, 0.4) is 0 Å². The second kappa shape index (κ2) is 14.6. The first kappa shape index (κ1) is 27.6. The molecule has 0 fully saturated rings. The third-order valence-corrected chi connectivity index (χ3v) is 5.22. The van der Waals surface area contributed by atoms with Crippen molar-refractivity contribution in [1.29, 1.82) is 0 Å². The molecular weight excluding hydrogens is 406 g/mol. The molecule has 178 valence electrons. The summed E-state index contributed by atoms with van der Waals surface area (Å²) >= 11 is 0. The van der Waals surface area contributed by atoms with Gasteiger partial charge in [0.05, 0.1) is 26.4 Å². The number of hydrogen-bond acceptors (Lipinski definition) is 6. The number of hydrogen-bond donors (Lipinski definition) is 0. The van der Waals surface area contributed by atoms with Crippen LogP contribution in [0.25, 0.3) is 0 Å². The summed E-state index contributed by atoms with van der Waals surface area (Å²) in [7, 11) is 3.40. The number of nitrogens with zero attached hydrogens (tertiary/aromatic N) is 1. The lowest BCUT2D eigenvalue weighted by molar-refractivity contribution is -0.173. The van der Waals surface area contributed by atoms with E-state index in [0.717, 1.165) is 24.0 Å². The van der Waals surface area contributed by atoms with Gasteiger partial charge in [0.1, 0.15) is 0 Å². The Kier molecular flexibility index (Phi) is 12.6. The van der Waals surface area contributed by atoms with Crippen LogP contribution < -0.4 is 0 Å². The summed E-state index contributed by atoms with van der Waals surface area (Å²) in [4.78, 5) is 27.1. The lowest BCUT2D eigenvalue weighted by Gasteiger charge is -2.35. The van der Waals surface area contributed by atoms with Crippen LogP contribution in [0.4, 0.5) is 0 Å². The van der Waals surface area contributed by atoms with Gasteiger partial charge in [-0.15, -0.1) is 0 Å². The minimum atomic E-state index is -1.48. The fraction of sp³-hybridized carbons (Fsp3) is 0.538. The van der Waals surface area contributed by atoms with Crippen LogP contribution in [0.15, 0.2) is 53.6 Å². The summed E-state index contributed by atoms with van der Waals surface area (Å²) in [6.45, 7) is 9.03. The van der Waals surface area contributed by atoms with E-state index in [1.54, 1.807) is 32.8 Å². The van der Waals surface area contributed by atoms with Gasteiger partial charge in [0, 0.05) is 6.42 Å². The van der Waals surface area contributed by atoms with Crippen molar-refractivity contribution in [2.45, 2.75) is 59.1 Å². The zero-order valence-corrected chi connectivity index (χ0v) is 20.5. The van der Waals surface area contributed by atoms with Crippen LogP contribution in [0.2, 0.25) is 0 Å². The summed E-state index contributed by atoms with van der Waals surface area (Å²) < 4.78 is 16.2. The van der Waals surface area contributed by atoms with Crippen molar-refractivity contribution in [3.05, 3.63) is 59.2 Å². The maximum absolute atomic E-state index is 12.8. The minimum absolute atomic E-state index is 0.201. The zero-order chi connectivity index (χ0) is 24.0. The van der Waals surface area contributed by atoms with Gasteiger partial charge in [-0.1, -0.05) is 53.6 Å². The Morgan fingerprint density at radius 2 is 1.53 bits per heavy atom. The van der Waals surface area contributed by atoms with Gasteiger partial charge in [-0.2, -0.15) is 0 Å². The number of carbonyl (C=O) groups excluding carboxylic acids is 2. The van der Waals surface area contributed by atoms with E-state index in [4.69, 9.17) is 14.2 Å². The molecule has 0 amide bonds. The topological polar surface area (TPSA) is 65.1 Å². The Hall–Kier alpha value is -2.44. The maximum atomic E-state index is 12.8. The number of benzene rings is 1.